The number of piperazine rings is 1. The third-order valence-electron chi connectivity index (χ3n) is 7.33. The second-order valence-corrected chi connectivity index (χ2v) is 9.32. The topological polar surface area (TPSA) is 79.0 Å². The molecule has 33 heavy (non-hydrogen) atoms. The third kappa shape index (κ3) is 3.46. The SMILES string of the molecule is COc1ccc(CN2C(=O)C3Cc4ccccc4N3C(=O)C2(C)C(=O)NC2CCCC2)cc1. The molecule has 1 saturated heterocycles. The van der Waals surface area contributed by atoms with Crippen molar-refractivity contribution in [3.8, 4) is 5.75 Å². The molecule has 2 heterocycles. The van der Waals surface area contributed by atoms with Crippen LogP contribution in [0, 0.1) is 0 Å². The number of amides is 3. The second kappa shape index (κ2) is 8.21. The number of rotatable bonds is 5. The number of carbonyl (C=O) groups excluding carboxylic acids is 3. The van der Waals surface area contributed by atoms with E-state index in [1.165, 1.54) is 4.90 Å². The zero-order chi connectivity index (χ0) is 23.2. The summed E-state index contributed by atoms with van der Waals surface area (Å²) in [4.78, 5) is 44.5. The number of nitrogens with zero attached hydrogens (tertiary/aromatic N) is 2. The number of nitrogens with one attached hydrogen (secondary N) is 1. The van der Waals surface area contributed by atoms with Crippen molar-refractivity contribution in [2.45, 2.75) is 63.2 Å². The summed E-state index contributed by atoms with van der Waals surface area (Å²) in [5.41, 5.74) is 0.882. The van der Waals surface area contributed by atoms with Crippen LogP contribution < -0.4 is 15.0 Å². The van der Waals surface area contributed by atoms with Crippen molar-refractivity contribution < 1.29 is 19.1 Å². The van der Waals surface area contributed by atoms with Crippen molar-refractivity contribution in [1.82, 2.24) is 10.2 Å². The number of carbonyl (C=O) groups is 3. The molecule has 0 bridgehead atoms. The Balaban J connectivity index is 1.53. The first kappa shape index (κ1) is 21.5. The molecule has 2 aromatic carbocycles. The van der Waals surface area contributed by atoms with Crippen LogP contribution in [0.1, 0.15) is 43.7 Å². The molecule has 7 nitrogen and oxygen atoms in total. The highest BCUT2D eigenvalue weighted by atomic mass is 16.5. The van der Waals surface area contributed by atoms with Gasteiger partial charge in [0.05, 0.1) is 7.11 Å². The van der Waals surface area contributed by atoms with E-state index in [0.717, 1.165) is 42.5 Å². The first-order chi connectivity index (χ1) is 15.9. The Bertz CT molecular complexity index is 1090. The molecule has 0 aromatic heterocycles. The zero-order valence-electron chi connectivity index (χ0n) is 19.0. The van der Waals surface area contributed by atoms with Gasteiger partial charge >= 0.3 is 0 Å². The monoisotopic (exact) mass is 447 g/mol. The molecule has 2 fully saturated rings. The lowest BCUT2D eigenvalue weighted by molar-refractivity contribution is -0.160. The smallest absolute Gasteiger partial charge is 0.263 e. The second-order valence-electron chi connectivity index (χ2n) is 9.32. The maximum Gasteiger partial charge on any atom is 0.263 e. The Hall–Kier alpha value is -3.35. The summed E-state index contributed by atoms with van der Waals surface area (Å²) >= 11 is 0. The molecule has 2 atom stereocenters. The molecule has 1 saturated carbocycles. The number of benzene rings is 2. The van der Waals surface area contributed by atoms with Gasteiger partial charge in [0.2, 0.25) is 5.91 Å². The largest absolute Gasteiger partial charge is 0.497 e. The highest BCUT2D eigenvalue weighted by Gasteiger charge is 2.60. The Morgan fingerprint density at radius 3 is 2.48 bits per heavy atom. The van der Waals surface area contributed by atoms with Gasteiger partial charge in [-0.3, -0.25) is 19.3 Å². The predicted octanol–water partition coefficient (Wildman–Crippen LogP) is 2.81. The fourth-order valence-electron chi connectivity index (χ4n) is 5.35. The quantitative estimate of drug-likeness (QED) is 0.715. The lowest BCUT2D eigenvalue weighted by atomic mass is 9.89. The minimum Gasteiger partial charge on any atom is -0.497 e. The first-order valence-electron chi connectivity index (χ1n) is 11.6. The molecule has 1 N–H and O–H groups in total. The maximum absolute atomic E-state index is 14.0. The molecular formula is C26H29N3O4. The summed E-state index contributed by atoms with van der Waals surface area (Å²) < 4.78 is 5.24. The number of anilines is 1. The van der Waals surface area contributed by atoms with E-state index in [1.54, 1.807) is 18.9 Å². The van der Waals surface area contributed by atoms with Gasteiger partial charge in [-0.05, 0) is 49.1 Å². The van der Waals surface area contributed by atoms with Crippen LogP contribution in [0.15, 0.2) is 48.5 Å². The highest BCUT2D eigenvalue weighted by Crippen LogP contribution is 2.40. The van der Waals surface area contributed by atoms with Gasteiger partial charge in [-0.15, -0.1) is 0 Å². The van der Waals surface area contributed by atoms with E-state index in [4.69, 9.17) is 4.74 Å². The van der Waals surface area contributed by atoms with E-state index >= 15 is 0 Å². The van der Waals surface area contributed by atoms with Crippen molar-refractivity contribution in [2.75, 3.05) is 12.0 Å². The van der Waals surface area contributed by atoms with Crippen LogP contribution in [-0.4, -0.2) is 47.4 Å². The molecular weight excluding hydrogens is 418 g/mol. The van der Waals surface area contributed by atoms with Gasteiger partial charge in [0.25, 0.3) is 11.8 Å². The molecule has 2 aromatic rings. The maximum atomic E-state index is 14.0. The van der Waals surface area contributed by atoms with E-state index in [2.05, 4.69) is 5.32 Å². The molecule has 3 aliphatic rings. The average Bonchev–Trinajstić information content (AvgIpc) is 3.48. The number of fused-ring (bicyclic) bond motifs is 3. The van der Waals surface area contributed by atoms with Crippen LogP contribution in [0.2, 0.25) is 0 Å². The fourth-order valence-corrected chi connectivity index (χ4v) is 5.35. The number of hydrogen-bond acceptors (Lipinski definition) is 4. The zero-order valence-corrected chi connectivity index (χ0v) is 19.0. The van der Waals surface area contributed by atoms with Gasteiger partial charge in [0.1, 0.15) is 11.8 Å². The Morgan fingerprint density at radius 1 is 1.09 bits per heavy atom. The van der Waals surface area contributed by atoms with Crippen molar-refractivity contribution in [3.05, 3.63) is 59.7 Å². The lowest BCUT2D eigenvalue weighted by Crippen LogP contribution is -2.74. The lowest BCUT2D eigenvalue weighted by Gasteiger charge is -2.48. The van der Waals surface area contributed by atoms with Gasteiger partial charge in [0, 0.05) is 24.7 Å². The van der Waals surface area contributed by atoms with Crippen LogP contribution >= 0.6 is 0 Å². The summed E-state index contributed by atoms with van der Waals surface area (Å²) in [5, 5.41) is 3.08. The minimum atomic E-state index is -1.63. The van der Waals surface area contributed by atoms with Crippen molar-refractivity contribution in [1.29, 1.82) is 0 Å². The van der Waals surface area contributed by atoms with Crippen LogP contribution in [0.25, 0.3) is 0 Å². The van der Waals surface area contributed by atoms with E-state index < -0.39 is 17.5 Å². The predicted molar refractivity (Wildman–Crippen MR) is 124 cm³/mol. The Morgan fingerprint density at radius 2 is 1.79 bits per heavy atom. The summed E-state index contributed by atoms with van der Waals surface area (Å²) in [7, 11) is 1.60. The van der Waals surface area contributed by atoms with E-state index in [1.807, 2.05) is 48.5 Å². The van der Waals surface area contributed by atoms with Crippen molar-refractivity contribution in [2.24, 2.45) is 0 Å². The number of hydrogen-bond donors (Lipinski definition) is 1. The standard InChI is InChI=1S/C26H29N3O4/c1-26(24(31)27-19-8-4-5-9-19)25(32)29-21-10-6-3-7-18(21)15-22(29)23(30)28(26)16-17-11-13-20(33-2)14-12-17/h3,6-7,10-14,19,22H,4-5,8-9,15-16H2,1-2H3,(H,27,31). The molecule has 5 rings (SSSR count). The molecule has 3 amide bonds. The van der Waals surface area contributed by atoms with Gasteiger partial charge in [-0.1, -0.05) is 43.2 Å². The highest BCUT2D eigenvalue weighted by molar-refractivity contribution is 6.22. The molecule has 1 aliphatic carbocycles. The molecule has 7 heteroatoms. The summed E-state index contributed by atoms with van der Waals surface area (Å²) in [5.74, 6) is -0.241. The van der Waals surface area contributed by atoms with Gasteiger partial charge in [0.15, 0.2) is 5.54 Å². The first-order valence-corrected chi connectivity index (χ1v) is 11.6. The Labute approximate surface area is 193 Å². The average molecular weight is 448 g/mol. The van der Waals surface area contributed by atoms with Crippen LogP contribution in [0.3, 0.4) is 0 Å². The van der Waals surface area contributed by atoms with Crippen LogP contribution in [0.5, 0.6) is 5.75 Å². The number of methoxy groups -OCH3 is 1. The van der Waals surface area contributed by atoms with Crippen LogP contribution in [-0.2, 0) is 27.3 Å². The molecule has 2 unspecified atom stereocenters. The van der Waals surface area contributed by atoms with Crippen molar-refractivity contribution in [3.63, 3.8) is 0 Å². The molecule has 172 valence electrons. The third-order valence-corrected chi connectivity index (χ3v) is 7.33. The van der Waals surface area contributed by atoms with Gasteiger partial charge < -0.3 is 15.0 Å². The van der Waals surface area contributed by atoms with Crippen molar-refractivity contribution >= 4 is 23.4 Å². The number of para-hydroxylation sites is 1. The van der Waals surface area contributed by atoms with E-state index in [9.17, 15) is 14.4 Å². The normalized spacial score (nSPS) is 24.6. The Kier molecular flexibility index (Phi) is 5.35. The summed E-state index contributed by atoms with van der Waals surface area (Å²) in [6.45, 7) is 1.77. The minimum absolute atomic E-state index is 0.0450. The molecule has 0 spiro atoms. The molecule has 2 aliphatic heterocycles. The van der Waals surface area contributed by atoms with Gasteiger partial charge in [-0.2, -0.15) is 0 Å². The summed E-state index contributed by atoms with van der Waals surface area (Å²) in [6.07, 6.45) is 4.38. The van der Waals surface area contributed by atoms with E-state index in [0.29, 0.717) is 12.2 Å². The fraction of sp³-hybridized carbons (Fsp3) is 0.423. The molecule has 0 radical (unpaired) electrons. The van der Waals surface area contributed by atoms with E-state index in [-0.39, 0.29) is 24.4 Å². The summed E-state index contributed by atoms with van der Waals surface area (Å²) in [6, 6.07) is 14.4. The van der Waals surface area contributed by atoms with Crippen LogP contribution in [0.4, 0.5) is 5.69 Å². The van der Waals surface area contributed by atoms with Gasteiger partial charge in [-0.25, -0.2) is 0 Å². The number of ether oxygens (including phenoxy) is 1.